The Kier molecular flexibility index (Phi) is 9.84. The number of nitrogens with zero attached hydrogens (tertiary/aromatic N) is 2. The van der Waals surface area contributed by atoms with Crippen LogP contribution in [-0.4, -0.2) is 66.8 Å². The van der Waals surface area contributed by atoms with Gasteiger partial charge in [-0.2, -0.15) is 0 Å². The summed E-state index contributed by atoms with van der Waals surface area (Å²) in [5.41, 5.74) is 3.14. The maximum Gasteiger partial charge on any atom is 0.123 e. The molecule has 1 aliphatic heterocycles. The van der Waals surface area contributed by atoms with Gasteiger partial charge in [0.1, 0.15) is 11.6 Å². The first kappa shape index (κ1) is 26.3. The number of anilines is 1. The van der Waals surface area contributed by atoms with Gasteiger partial charge < -0.3 is 15.3 Å². The molecule has 0 amide bonds. The third kappa shape index (κ3) is 8.12. The van der Waals surface area contributed by atoms with Crippen molar-refractivity contribution >= 4 is 5.69 Å². The third-order valence-corrected chi connectivity index (χ3v) is 6.98. The molecule has 36 heavy (non-hydrogen) atoms. The lowest BCUT2D eigenvalue weighted by Gasteiger charge is -2.25. The Hall–Kier alpha value is -2.80. The number of nitrogens with one attached hydrogen (secondary N) is 1. The van der Waals surface area contributed by atoms with E-state index in [2.05, 4.69) is 15.1 Å². The molecule has 1 saturated heterocycles. The van der Waals surface area contributed by atoms with Gasteiger partial charge in [0.05, 0.1) is 6.10 Å². The zero-order chi connectivity index (χ0) is 25.2. The van der Waals surface area contributed by atoms with Crippen molar-refractivity contribution in [1.82, 2.24) is 9.80 Å². The van der Waals surface area contributed by atoms with Gasteiger partial charge in [-0.25, -0.2) is 8.78 Å². The minimum absolute atomic E-state index is 0.113. The average Bonchev–Trinajstić information content (AvgIpc) is 3.12. The lowest BCUT2D eigenvalue weighted by molar-refractivity contribution is 0.123. The van der Waals surface area contributed by atoms with E-state index in [1.807, 2.05) is 54.6 Å². The normalized spacial score (nSPS) is 16.1. The Morgan fingerprint density at radius 3 is 1.97 bits per heavy atom. The highest BCUT2D eigenvalue weighted by Gasteiger charge is 2.19. The summed E-state index contributed by atoms with van der Waals surface area (Å²) in [6.45, 7) is 6.17. The first-order chi connectivity index (χ1) is 17.6. The molecule has 3 aromatic carbocycles. The number of para-hydroxylation sites is 1. The van der Waals surface area contributed by atoms with Gasteiger partial charge in [-0.05, 0) is 86.4 Å². The number of benzene rings is 3. The van der Waals surface area contributed by atoms with Gasteiger partial charge in [0.25, 0.3) is 0 Å². The van der Waals surface area contributed by atoms with Crippen molar-refractivity contribution < 1.29 is 13.9 Å². The summed E-state index contributed by atoms with van der Waals surface area (Å²) in [6, 6.07) is 23.3. The standard InChI is InChI=1S/C30H37F2N3O/c31-26-13-9-24(10-14-26)30(25-11-15-27(32)16-12-25)8-4-17-34-18-5-19-35(21-20-34)23-29(36)22-33-28-6-2-1-3-7-28/h1-3,6-7,9-16,29-30,33,36H,4-5,8,17-23H2/t29-/m0/s1. The molecule has 1 heterocycles. The first-order valence-electron chi connectivity index (χ1n) is 13.0. The zero-order valence-electron chi connectivity index (χ0n) is 20.8. The van der Waals surface area contributed by atoms with Gasteiger partial charge in [0, 0.05) is 37.8 Å². The van der Waals surface area contributed by atoms with E-state index in [0.717, 1.165) is 68.8 Å². The van der Waals surface area contributed by atoms with Crippen molar-refractivity contribution in [3.05, 3.63) is 102 Å². The van der Waals surface area contributed by atoms with E-state index in [-0.39, 0.29) is 17.6 Å². The monoisotopic (exact) mass is 493 g/mol. The highest BCUT2D eigenvalue weighted by atomic mass is 19.1. The molecule has 4 rings (SSSR count). The van der Waals surface area contributed by atoms with Gasteiger partial charge in [0.2, 0.25) is 0 Å². The molecular weight excluding hydrogens is 456 g/mol. The molecule has 0 aliphatic carbocycles. The van der Waals surface area contributed by atoms with E-state index in [1.165, 1.54) is 24.3 Å². The van der Waals surface area contributed by atoms with Crippen LogP contribution in [0.25, 0.3) is 0 Å². The number of aliphatic hydroxyl groups is 1. The molecular formula is C30H37F2N3O. The average molecular weight is 494 g/mol. The quantitative estimate of drug-likeness (QED) is 0.377. The molecule has 1 fully saturated rings. The van der Waals surface area contributed by atoms with Gasteiger partial charge in [0.15, 0.2) is 0 Å². The predicted octanol–water partition coefficient (Wildman–Crippen LogP) is 5.36. The lowest BCUT2D eigenvalue weighted by atomic mass is 9.87. The van der Waals surface area contributed by atoms with Crippen molar-refractivity contribution in [2.75, 3.05) is 51.1 Å². The molecule has 1 aliphatic rings. The molecule has 6 heteroatoms. The minimum atomic E-state index is -0.413. The molecule has 1 atom stereocenters. The van der Waals surface area contributed by atoms with Crippen molar-refractivity contribution in [2.24, 2.45) is 0 Å². The van der Waals surface area contributed by atoms with Gasteiger partial charge >= 0.3 is 0 Å². The SMILES string of the molecule is O[C@@H](CNc1ccccc1)CN1CCCN(CCCC(c2ccc(F)cc2)c2ccc(F)cc2)CC1. The Balaban J connectivity index is 1.24. The van der Waals surface area contributed by atoms with Crippen molar-refractivity contribution in [3.63, 3.8) is 0 Å². The third-order valence-electron chi connectivity index (χ3n) is 6.98. The molecule has 0 radical (unpaired) electrons. The first-order valence-corrected chi connectivity index (χ1v) is 13.0. The maximum absolute atomic E-state index is 13.5. The Morgan fingerprint density at radius 2 is 1.33 bits per heavy atom. The van der Waals surface area contributed by atoms with Crippen LogP contribution in [0.4, 0.5) is 14.5 Å². The fourth-order valence-electron chi connectivity index (χ4n) is 5.02. The van der Waals surface area contributed by atoms with Gasteiger partial charge in [-0.1, -0.05) is 42.5 Å². The largest absolute Gasteiger partial charge is 0.390 e. The maximum atomic E-state index is 13.5. The van der Waals surface area contributed by atoms with E-state index >= 15 is 0 Å². The van der Waals surface area contributed by atoms with Crippen LogP contribution < -0.4 is 5.32 Å². The van der Waals surface area contributed by atoms with Crippen molar-refractivity contribution in [2.45, 2.75) is 31.3 Å². The molecule has 0 spiro atoms. The Labute approximate surface area is 213 Å². The van der Waals surface area contributed by atoms with Crippen LogP contribution in [0.5, 0.6) is 0 Å². The molecule has 0 bridgehead atoms. The molecule has 0 unspecified atom stereocenters. The van der Waals surface area contributed by atoms with E-state index in [4.69, 9.17) is 0 Å². The topological polar surface area (TPSA) is 38.7 Å². The van der Waals surface area contributed by atoms with Crippen LogP contribution >= 0.6 is 0 Å². The van der Waals surface area contributed by atoms with Crippen LogP contribution in [0.15, 0.2) is 78.9 Å². The van der Waals surface area contributed by atoms with E-state index in [0.29, 0.717) is 13.1 Å². The molecule has 192 valence electrons. The lowest BCUT2D eigenvalue weighted by Crippen LogP contribution is -2.38. The molecule has 0 aromatic heterocycles. The minimum Gasteiger partial charge on any atom is -0.390 e. The summed E-state index contributed by atoms with van der Waals surface area (Å²) >= 11 is 0. The van der Waals surface area contributed by atoms with Crippen LogP contribution in [-0.2, 0) is 0 Å². The van der Waals surface area contributed by atoms with Crippen LogP contribution in [0.1, 0.15) is 36.3 Å². The number of halogens is 2. The number of hydrogen-bond acceptors (Lipinski definition) is 4. The highest BCUT2D eigenvalue weighted by molar-refractivity contribution is 5.42. The molecule has 2 N–H and O–H groups in total. The fraction of sp³-hybridized carbons (Fsp3) is 0.400. The van der Waals surface area contributed by atoms with Crippen molar-refractivity contribution in [3.8, 4) is 0 Å². The number of rotatable bonds is 11. The summed E-state index contributed by atoms with van der Waals surface area (Å²) in [4.78, 5) is 4.86. The van der Waals surface area contributed by atoms with Crippen LogP contribution in [0.2, 0.25) is 0 Å². The summed E-state index contributed by atoms with van der Waals surface area (Å²) in [6.07, 6.45) is 2.59. The highest BCUT2D eigenvalue weighted by Crippen LogP contribution is 2.30. The van der Waals surface area contributed by atoms with E-state index in [1.54, 1.807) is 0 Å². The summed E-state index contributed by atoms with van der Waals surface area (Å²) < 4.78 is 27.0. The Bertz CT molecular complexity index is 985. The second-order valence-corrected chi connectivity index (χ2v) is 9.69. The van der Waals surface area contributed by atoms with E-state index in [9.17, 15) is 13.9 Å². The van der Waals surface area contributed by atoms with Gasteiger partial charge in [-0.3, -0.25) is 4.90 Å². The predicted molar refractivity (Wildman–Crippen MR) is 142 cm³/mol. The van der Waals surface area contributed by atoms with Gasteiger partial charge in [-0.15, -0.1) is 0 Å². The van der Waals surface area contributed by atoms with Crippen molar-refractivity contribution in [1.29, 1.82) is 0 Å². The zero-order valence-corrected chi connectivity index (χ0v) is 20.8. The van der Waals surface area contributed by atoms with Crippen LogP contribution in [0.3, 0.4) is 0 Å². The number of aliphatic hydroxyl groups excluding tert-OH is 1. The number of hydrogen-bond donors (Lipinski definition) is 2. The second kappa shape index (κ2) is 13.5. The van der Waals surface area contributed by atoms with E-state index < -0.39 is 6.10 Å². The molecule has 3 aromatic rings. The summed E-state index contributed by atoms with van der Waals surface area (Å²) in [5.74, 6) is -0.375. The summed E-state index contributed by atoms with van der Waals surface area (Å²) in [5, 5.41) is 13.8. The summed E-state index contributed by atoms with van der Waals surface area (Å²) in [7, 11) is 0. The number of β-amino-alcohol motifs (C(OH)–C–C–N with tert-alkyl or cyclic N) is 1. The second-order valence-electron chi connectivity index (χ2n) is 9.69. The smallest absolute Gasteiger partial charge is 0.123 e. The Morgan fingerprint density at radius 1 is 0.750 bits per heavy atom. The molecule has 4 nitrogen and oxygen atoms in total. The fourth-order valence-corrected chi connectivity index (χ4v) is 5.02. The molecule has 0 saturated carbocycles. The van der Waals surface area contributed by atoms with Crippen LogP contribution in [0, 0.1) is 11.6 Å².